The predicted molar refractivity (Wildman–Crippen MR) is 96.0 cm³/mol. The van der Waals surface area contributed by atoms with E-state index in [0.717, 1.165) is 11.4 Å². The summed E-state index contributed by atoms with van der Waals surface area (Å²) in [5.74, 6) is 0.702. The number of nitrogens with zero attached hydrogens (tertiary/aromatic N) is 2. The first-order chi connectivity index (χ1) is 11.7. The largest absolute Gasteiger partial charge is 0.492 e. The molecule has 0 atom stereocenters. The highest BCUT2D eigenvalue weighted by Gasteiger charge is 2.10. The molecule has 122 valence electrons. The molecule has 5 heteroatoms. The van der Waals surface area contributed by atoms with Gasteiger partial charge in [-0.3, -0.25) is 14.9 Å². The van der Waals surface area contributed by atoms with Crippen LogP contribution in [0.25, 0.3) is 5.69 Å². The number of H-pyrrole nitrogens is 1. The number of para-hydroxylation sites is 3. The fourth-order valence-electron chi connectivity index (χ4n) is 2.45. The van der Waals surface area contributed by atoms with Gasteiger partial charge >= 0.3 is 0 Å². The number of aromatic nitrogens is 2. The monoisotopic (exact) mass is 321 g/mol. The fourth-order valence-corrected chi connectivity index (χ4v) is 2.45. The molecule has 0 aliphatic heterocycles. The second-order valence-corrected chi connectivity index (χ2v) is 5.29. The smallest absolute Gasteiger partial charge is 0.280 e. The summed E-state index contributed by atoms with van der Waals surface area (Å²) in [5, 5.41) is 3.09. The van der Waals surface area contributed by atoms with E-state index in [1.54, 1.807) is 6.21 Å². The summed E-state index contributed by atoms with van der Waals surface area (Å²) >= 11 is 0. The van der Waals surface area contributed by atoms with Crippen LogP contribution in [0.4, 0.5) is 5.69 Å². The van der Waals surface area contributed by atoms with Gasteiger partial charge in [-0.1, -0.05) is 30.3 Å². The third-order valence-corrected chi connectivity index (χ3v) is 3.63. The number of hydrogen-bond acceptors (Lipinski definition) is 3. The van der Waals surface area contributed by atoms with E-state index >= 15 is 0 Å². The molecule has 3 rings (SSSR count). The molecular weight excluding hydrogens is 302 g/mol. The molecule has 3 aromatic rings. The zero-order valence-electron chi connectivity index (χ0n) is 13.7. The lowest BCUT2D eigenvalue weighted by atomic mass is 10.2. The molecule has 0 fully saturated rings. The van der Waals surface area contributed by atoms with E-state index in [9.17, 15) is 4.79 Å². The number of aliphatic imine (C=N–C) groups is 1. The molecule has 2 aromatic carbocycles. The second-order valence-electron chi connectivity index (χ2n) is 5.29. The Kier molecular flexibility index (Phi) is 4.61. The molecule has 0 saturated carbocycles. The normalized spacial score (nSPS) is 11.1. The van der Waals surface area contributed by atoms with Crippen LogP contribution in [-0.4, -0.2) is 22.6 Å². The van der Waals surface area contributed by atoms with E-state index in [-0.39, 0.29) is 5.56 Å². The molecule has 0 bridgehead atoms. The first-order valence-corrected chi connectivity index (χ1v) is 7.83. The molecule has 0 aliphatic rings. The van der Waals surface area contributed by atoms with Crippen molar-refractivity contribution < 1.29 is 4.74 Å². The predicted octanol–water partition coefficient (Wildman–Crippen LogP) is 3.62. The molecule has 0 spiro atoms. The highest BCUT2D eigenvalue weighted by atomic mass is 16.5. The van der Waals surface area contributed by atoms with Crippen LogP contribution in [0.2, 0.25) is 0 Å². The highest BCUT2D eigenvalue weighted by molar-refractivity contribution is 5.83. The molecule has 0 aliphatic carbocycles. The van der Waals surface area contributed by atoms with E-state index in [2.05, 4.69) is 10.1 Å². The Bertz CT molecular complexity index is 908. The molecule has 1 N–H and O–H groups in total. The molecule has 24 heavy (non-hydrogen) atoms. The number of aromatic amines is 1. The van der Waals surface area contributed by atoms with Crippen molar-refractivity contribution in [3.63, 3.8) is 0 Å². The lowest BCUT2D eigenvalue weighted by Gasteiger charge is -2.05. The van der Waals surface area contributed by atoms with Crippen molar-refractivity contribution in [1.82, 2.24) is 9.78 Å². The van der Waals surface area contributed by atoms with Gasteiger partial charge in [-0.05, 0) is 38.1 Å². The maximum Gasteiger partial charge on any atom is 0.280 e. The number of rotatable bonds is 5. The first-order valence-electron chi connectivity index (χ1n) is 7.83. The number of ether oxygens (including phenoxy) is 1. The summed E-state index contributed by atoms with van der Waals surface area (Å²) in [7, 11) is 0. The fraction of sp³-hybridized carbons (Fsp3) is 0.158. The minimum absolute atomic E-state index is 0.128. The Labute approximate surface area is 140 Å². The van der Waals surface area contributed by atoms with Gasteiger partial charge in [0, 0.05) is 11.9 Å². The van der Waals surface area contributed by atoms with Gasteiger partial charge in [0.15, 0.2) is 0 Å². The van der Waals surface area contributed by atoms with Crippen LogP contribution in [0.3, 0.4) is 0 Å². The first kappa shape index (κ1) is 15.8. The van der Waals surface area contributed by atoms with Crippen LogP contribution in [-0.2, 0) is 0 Å². The molecular formula is C19H19N3O2. The Morgan fingerprint density at radius 3 is 2.58 bits per heavy atom. The lowest BCUT2D eigenvalue weighted by Crippen LogP contribution is -2.17. The van der Waals surface area contributed by atoms with Gasteiger partial charge in [0.2, 0.25) is 0 Å². The highest BCUT2D eigenvalue weighted by Crippen LogP contribution is 2.26. The quantitative estimate of drug-likeness (QED) is 0.730. The van der Waals surface area contributed by atoms with Crippen molar-refractivity contribution >= 4 is 11.9 Å². The Hall–Kier alpha value is -3.08. The number of aryl methyl sites for hydroxylation is 1. The van der Waals surface area contributed by atoms with Crippen LogP contribution < -0.4 is 10.3 Å². The van der Waals surface area contributed by atoms with Gasteiger partial charge in [0.25, 0.3) is 5.56 Å². The Morgan fingerprint density at radius 1 is 1.12 bits per heavy atom. The van der Waals surface area contributed by atoms with Crippen LogP contribution in [0.1, 0.15) is 18.2 Å². The SMILES string of the molecule is CCOc1ccccc1N=Cc1c(C)[nH]n(-c2ccccc2)c1=O. The van der Waals surface area contributed by atoms with Gasteiger partial charge in [0.1, 0.15) is 11.4 Å². The van der Waals surface area contributed by atoms with Gasteiger partial charge < -0.3 is 4.74 Å². The molecule has 0 amide bonds. The van der Waals surface area contributed by atoms with E-state index in [1.807, 2.05) is 68.4 Å². The number of benzene rings is 2. The zero-order valence-corrected chi connectivity index (χ0v) is 13.7. The maximum absolute atomic E-state index is 12.6. The minimum atomic E-state index is -0.128. The third kappa shape index (κ3) is 3.15. The summed E-state index contributed by atoms with van der Waals surface area (Å²) in [5.41, 5.74) is 2.66. The van der Waals surface area contributed by atoms with Gasteiger partial charge in [-0.15, -0.1) is 0 Å². The lowest BCUT2D eigenvalue weighted by molar-refractivity contribution is 0.341. The summed E-state index contributed by atoms with van der Waals surface area (Å²) < 4.78 is 7.07. The van der Waals surface area contributed by atoms with Gasteiger partial charge in [-0.25, -0.2) is 4.68 Å². The van der Waals surface area contributed by atoms with Crippen molar-refractivity contribution in [2.45, 2.75) is 13.8 Å². The van der Waals surface area contributed by atoms with E-state index in [4.69, 9.17) is 4.74 Å². The summed E-state index contributed by atoms with van der Waals surface area (Å²) in [4.78, 5) is 17.1. The van der Waals surface area contributed by atoms with Gasteiger partial charge in [0.05, 0.1) is 17.9 Å². The zero-order chi connectivity index (χ0) is 16.9. The number of nitrogens with one attached hydrogen (secondary N) is 1. The molecule has 5 nitrogen and oxygen atoms in total. The van der Waals surface area contributed by atoms with Crippen LogP contribution in [0.5, 0.6) is 5.75 Å². The third-order valence-electron chi connectivity index (χ3n) is 3.63. The van der Waals surface area contributed by atoms with Crippen molar-refractivity contribution in [3.8, 4) is 11.4 Å². The molecule has 0 saturated heterocycles. The van der Waals surface area contributed by atoms with Crippen LogP contribution in [0, 0.1) is 6.92 Å². The molecule has 0 radical (unpaired) electrons. The summed E-state index contributed by atoms with van der Waals surface area (Å²) in [6, 6.07) is 17.0. The van der Waals surface area contributed by atoms with E-state index in [0.29, 0.717) is 23.6 Å². The molecule has 1 heterocycles. The standard InChI is InChI=1S/C19H19N3O2/c1-3-24-18-12-8-7-11-17(18)20-13-16-14(2)21-22(19(16)23)15-9-5-4-6-10-15/h4-13,21H,3H2,1-2H3. The van der Waals surface area contributed by atoms with Crippen LogP contribution in [0.15, 0.2) is 64.4 Å². The van der Waals surface area contributed by atoms with Crippen LogP contribution >= 0.6 is 0 Å². The van der Waals surface area contributed by atoms with Crippen molar-refractivity contribution in [2.24, 2.45) is 4.99 Å². The summed E-state index contributed by atoms with van der Waals surface area (Å²) in [6.45, 7) is 4.35. The Morgan fingerprint density at radius 2 is 1.83 bits per heavy atom. The number of hydrogen-bond donors (Lipinski definition) is 1. The minimum Gasteiger partial charge on any atom is -0.492 e. The van der Waals surface area contributed by atoms with E-state index < -0.39 is 0 Å². The van der Waals surface area contributed by atoms with Crippen molar-refractivity contribution in [3.05, 3.63) is 76.2 Å². The van der Waals surface area contributed by atoms with Gasteiger partial charge in [-0.2, -0.15) is 0 Å². The topological polar surface area (TPSA) is 59.4 Å². The second kappa shape index (κ2) is 7.00. The Balaban J connectivity index is 1.97. The van der Waals surface area contributed by atoms with E-state index in [1.165, 1.54) is 4.68 Å². The van der Waals surface area contributed by atoms with Crippen molar-refractivity contribution in [2.75, 3.05) is 6.61 Å². The maximum atomic E-state index is 12.6. The molecule has 0 unspecified atom stereocenters. The molecule has 1 aromatic heterocycles. The van der Waals surface area contributed by atoms with Crippen molar-refractivity contribution in [1.29, 1.82) is 0 Å². The average molecular weight is 321 g/mol. The average Bonchev–Trinajstić information content (AvgIpc) is 2.89. The summed E-state index contributed by atoms with van der Waals surface area (Å²) in [6.07, 6.45) is 1.59.